The highest BCUT2D eigenvalue weighted by Crippen LogP contribution is 2.54. The van der Waals surface area contributed by atoms with Gasteiger partial charge in [0.05, 0.1) is 0 Å². The van der Waals surface area contributed by atoms with E-state index in [1.807, 2.05) is 30.3 Å². The highest BCUT2D eigenvalue weighted by Gasteiger charge is 2.47. The molecule has 4 rings (SSSR count). The fourth-order valence-corrected chi connectivity index (χ4v) is 7.76. The average Bonchev–Trinajstić information content (AvgIpc) is 2.72. The molecular formula is C24H19ClFP. The first-order chi connectivity index (χ1) is 12.8. The lowest BCUT2D eigenvalue weighted by atomic mass is 10.3. The van der Waals surface area contributed by atoms with Crippen molar-refractivity contribution in [1.82, 2.24) is 0 Å². The molecule has 0 aliphatic rings. The minimum atomic E-state index is -2.09. The maximum atomic E-state index is 13.7. The smallest absolute Gasteiger partial charge is 0.144 e. The molecule has 4 aromatic rings. The standard InChI is InChI=1S/C24H19FP.ClH/c25-20-16-18-24(19-17-20)26(21-10-4-1-5-11-21,22-12-6-2-7-13-22)23-14-8-3-9-15-23;/h1-19H;1H/q+1;/p-1/i25-1;. The molecule has 0 saturated carbocycles. The van der Waals surface area contributed by atoms with E-state index in [0.29, 0.717) is 0 Å². The van der Waals surface area contributed by atoms with Crippen molar-refractivity contribution in [3.63, 3.8) is 0 Å². The molecular weight excluding hydrogens is 373 g/mol. The Morgan fingerprint density at radius 2 is 0.704 bits per heavy atom. The SMILES string of the molecule is [18F]c1ccc([P+](c2ccccc2)(c2ccccc2)c2ccccc2)cc1.[Cl-]. The molecule has 0 bridgehead atoms. The summed E-state index contributed by atoms with van der Waals surface area (Å²) in [5.74, 6) is -0.207. The van der Waals surface area contributed by atoms with Crippen LogP contribution in [0.15, 0.2) is 115 Å². The van der Waals surface area contributed by atoms with Gasteiger partial charge in [0, 0.05) is 0 Å². The molecule has 0 aromatic heterocycles. The van der Waals surface area contributed by atoms with E-state index in [1.165, 1.54) is 15.9 Å². The van der Waals surface area contributed by atoms with E-state index in [1.54, 1.807) is 12.1 Å². The Morgan fingerprint density at radius 1 is 0.407 bits per heavy atom. The summed E-state index contributed by atoms with van der Waals surface area (Å²) in [6.45, 7) is 0. The van der Waals surface area contributed by atoms with Gasteiger partial charge >= 0.3 is 0 Å². The van der Waals surface area contributed by atoms with E-state index in [4.69, 9.17) is 0 Å². The largest absolute Gasteiger partial charge is 1.00 e. The van der Waals surface area contributed by atoms with Crippen LogP contribution in [0.2, 0.25) is 0 Å². The summed E-state index contributed by atoms with van der Waals surface area (Å²) in [5, 5.41) is 4.96. The molecule has 0 spiro atoms. The summed E-state index contributed by atoms with van der Waals surface area (Å²) < 4.78 is 13.7. The zero-order valence-corrected chi connectivity index (χ0v) is 16.3. The molecule has 0 unspecified atom stereocenters. The van der Waals surface area contributed by atoms with Crippen LogP contribution in [0, 0.1) is 5.82 Å². The minimum absolute atomic E-state index is 0. The van der Waals surface area contributed by atoms with Crippen molar-refractivity contribution >= 4 is 28.5 Å². The first kappa shape index (κ1) is 19.3. The summed E-state index contributed by atoms with van der Waals surface area (Å²) in [5.41, 5.74) is 0. The van der Waals surface area contributed by atoms with Crippen LogP contribution in [0.25, 0.3) is 0 Å². The van der Waals surface area contributed by atoms with Gasteiger partial charge in [0.2, 0.25) is 0 Å². The molecule has 0 aliphatic carbocycles. The van der Waals surface area contributed by atoms with E-state index in [2.05, 4.69) is 72.8 Å². The minimum Gasteiger partial charge on any atom is -1.00 e. The van der Waals surface area contributed by atoms with Crippen LogP contribution in [0.1, 0.15) is 0 Å². The molecule has 134 valence electrons. The Kier molecular flexibility index (Phi) is 6.06. The van der Waals surface area contributed by atoms with E-state index < -0.39 is 7.26 Å². The molecule has 0 atom stereocenters. The maximum Gasteiger partial charge on any atom is 0.144 e. The van der Waals surface area contributed by atoms with Gasteiger partial charge in [0.15, 0.2) is 0 Å². The van der Waals surface area contributed by atoms with Gasteiger partial charge in [-0.3, -0.25) is 0 Å². The van der Waals surface area contributed by atoms with Crippen molar-refractivity contribution in [2.45, 2.75) is 0 Å². The van der Waals surface area contributed by atoms with Crippen LogP contribution < -0.4 is 33.6 Å². The zero-order chi connectivity index (χ0) is 17.8. The molecule has 0 heterocycles. The van der Waals surface area contributed by atoms with Crippen molar-refractivity contribution in [3.8, 4) is 0 Å². The summed E-state index contributed by atoms with van der Waals surface area (Å²) in [6.07, 6.45) is 0. The normalized spacial score (nSPS) is 10.9. The molecule has 0 aliphatic heterocycles. The lowest BCUT2D eigenvalue weighted by Crippen LogP contribution is -3.00. The van der Waals surface area contributed by atoms with Crippen molar-refractivity contribution in [3.05, 3.63) is 121 Å². The maximum absolute atomic E-state index is 13.7. The fourth-order valence-electron chi connectivity index (χ4n) is 3.51. The molecule has 0 radical (unpaired) electrons. The summed E-state index contributed by atoms with van der Waals surface area (Å²) in [7, 11) is -2.09. The first-order valence-corrected chi connectivity index (χ1v) is 10.4. The van der Waals surface area contributed by atoms with Crippen LogP contribution >= 0.6 is 7.26 Å². The second-order valence-electron chi connectivity index (χ2n) is 6.15. The van der Waals surface area contributed by atoms with Gasteiger partial charge in [-0.15, -0.1) is 0 Å². The van der Waals surface area contributed by atoms with Crippen LogP contribution in [0.5, 0.6) is 0 Å². The predicted molar refractivity (Wildman–Crippen MR) is 111 cm³/mol. The Morgan fingerprint density at radius 3 is 1.04 bits per heavy atom. The van der Waals surface area contributed by atoms with Crippen molar-refractivity contribution in [2.75, 3.05) is 0 Å². The van der Waals surface area contributed by atoms with E-state index >= 15 is 0 Å². The van der Waals surface area contributed by atoms with Crippen LogP contribution in [0.4, 0.5) is 4.39 Å². The van der Waals surface area contributed by atoms with Crippen molar-refractivity contribution in [1.29, 1.82) is 0 Å². The van der Waals surface area contributed by atoms with Gasteiger partial charge in [0.1, 0.15) is 34.3 Å². The third kappa shape index (κ3) is 3.54. The van der Waals surface area contributed by atoms with Crippen LogP contribution in [-0.2, 0) is 0 Å². The second kappa shape index (κ2) is 8.48. The Bertz CT molecular complexity index is 874. The molecule has 0 amide bonds. The number of hydrogen-bond acceptors (Lipinski definition) is 0. The first-order valence-electron chi connectivity index (χ1n) is 8.64. The molecule has 0 N–H and O–H groups in total. The summed E-state index contributed by atoms with van der Waals surface area (Å²) in [4.78, 5) is 0. The second-order valence-corrected chi connectivity index (χ2v) is 9.56. The lowest BCUT2D eigenvalue weighted by Gasteiger charge is -2.27. The molecule has 0 nitrogen and oxygen atoms in total. The van der Waals surface area contributed by atoms with E-state index in [-0.39, 0.29) is 18.2 Å². The number of rotatable bonds is 4. The highest BCUT2D eigenvalue weighted by molar-refractivity contribution is 8.01. The number of halogens is 2. The van der Waals surface area contributed by atoms with Gasteiger partial charge in [-0.25, -0.2) is 4.39 Å². The predicted octanol–water partition coefficient (Wildman–Crippen LogP) is 1.45. The van der Waals surface area contributed by atoms with Gasteiger partial charge in [-0.1, -0.05) is 54.6 Å². The van der Waals surface area contributed by atoms with Gasteiger partial charge in [-0.05, 0) is 60.7 Å². The Labute approximate surface area is 166 Å². The molecule has 27 heavy (non-hydrogen) atoms. The quantitative estimate of drug-likeness (QED) is 0.462. The molecule has 3 heteroatoms. The zero-order valence-electron chi connectivity index (χ0n) is 14.7. The van der Waals surface area contributed by atoms with E-state index in [0.717, 1.165) is 5.30 Å². The van der Waals surface area contributed by atoms with E-state index in [9.17, 15) is 4.39 Å². The fraction of sp³-hybridized carbons (Fsp3) is 0. The Balaban J connectivity index is 0.00000210. The average molecular weight is 392 g/mol. The third-order valence-corrected chi connectivity index (χ3v) is 8.94. The van der Waals surface area contributed by atoms with Gasteiger partial charge < -0.3 is 12.4 Å². The van der Waals surface area contributed by atoms with Gasteiger partial charge in [-0.2, -0.15) is 0 Å². The monoisotopic (exact) mass is 391 g/mol. The summed E-state index contributed by atoms with van der Waals surface area (Å²) in [6, 6.07) is 38.8. The third-order valence-electron chi connectivity index (χ3n) is 4.64. The van der Waals surface area contributed by atoms with Gasteiger partial charge in [0.25, 0.3) is 0 Å². The molecule has 4 aromatic carbocycles. The number of hydrogen-bond donors (Lipinski definition) is 0. The van der Waals surface area contributed by atoms with Crippen LogP contribution in [-0.4, -0.2) is 0 Å². The highest BCUT2D eigenvalue weighted by atomic mass is 35.5. The molecule has 0 fully saturated rings. The molecule has 0 saturated heterocycles. The van der Waals surface area contributed by atoms with Crippen LogP contribution in [0.3, 0.4) is 0 Å². The lowest BCUT2D eigenvalue weighted by molar-refractivity contribution is -0.00000555. The topological polar surface area (TPSA) is 0 Å². The van der Waals surface area contributed by atoms with Crippen molar-refractivity contribution < 1.29 is 16.8 Å². The van der Waals surface area contributed by atoms with Crippen molar-refractivity contribution in [2.24, 2.45) is 0 Å². The Hall–Kier alpha value is -2.47. The number of benzene rings is 4. The summed E-state index contributed by atoms with van der Waals surface area (Å²) >= 11 is 0.